The third kappa shape index (κ3) is 2.43. The molecule has 19 heavy (non-hydrogen) atoms. The van der Waals surface area contributed by atoms with Gasteiger partial charge in [-0.2, -0.15) is 4.98 Å². The van der Waals surface area contributed by atoms with Crippen LogP contribution in [0.2, 0.25) is 5.28 Å². The van der Waals surface area contributed by atoms with Crippen LogP contribution >= 0.6 is 23.4 Å². The number of likely N-dealkylation sites (N-methyl/N-ethyl adjacent to an activating group) is 1. The molecule has 0 aromatic carbocycles. The standard InChI is InChI=1S/C13H19ClN4S/c1-13(2)8-18(6-5-17(13)3)11-10-9(4-7-19-10)15-12(14)16-11/h4-8H2,1-3H3. The number of anilines is 1. The minimum Gasteiger partial charge on any atom is -0.352 e. The molecule has 0 unspecified atom stereocenters. The lowest BCUT2D eigenvalue weighted by Gasteiger charge is -2.46. The van der Waals surface area contributed by atoms with Crippen molar-refractivity contribution in [1.29, 1.82) is 0 Å². The summed E-state index contributed by atoms with van der Waals surface area (Å²) in [6, 6.07) is 0. The quantitative estimate of drug-likeness (QED) is 0.743. The van der Waals surface area contributed by atoms with Crippen molar-refractivity contribution in [2.24, 2.45) is 0 Å². The van der Waals surface area contributed by atoms with E-state index in [1.165, 1.54) is 4.90 Å². The van der Waals surface area contributed by atoms with Crippen LogP contribution in [0.5, 0.6) is 0 Å². The van der Waals surface area contributed by atoms with E-state index >= 15 is 0 Å². The van der Waals surface area contributed by atoms with Gasteiger partial charge in [-0.3, -0.25) is 4.90 Å². The molecule has 1 saturated heterocycles. The molecule has 0 N–H and O–H groups in total. The Hall–Kier alpha value is -0.520. The van der Waals surface area contributed by atoms with Crippen LogP contribution in [-0.4, -0.2) is 52.8 Å². The van der Waals surface area contributed by atoms with Crippen LogP contribution in [0, 0.1) is 0 Å². The van der Waals surface area contributed by atoms with E-state index in [4.69, 9.17) is 11.6 Å². The van der Waals surface area contributed by atoms with Crippen LogP contribution in [-0.2, 0) is 6.42 Å². The minimum absolute atomic E-state index is 0.159. The summed E-state index contributed by atoms with van der Waals surface area (Å²) < 4.78 is 0. The summed E-state index contributed by atoms with van der Waals surface area (Å²) >= 11 is 7.94. The van der Waals surface area contributed by atoms with Crippen molar-refractivity contribution in [1.82, 2.24) is 14.9 Å². The molecule has 0 amide bonds. The van der Waals surface area contributed by atoms with E-state index < -0.39 is 0 Å². The number of hydrogen-bond acceptors (Lipinski definition) is 5. The van der Waals surface area contributed by atoms with Gasteiger partial charge in [-0.1, -0.05) is 0 Å². The van der Waals surface area contributed by atoms with E-state index in [1.54, 1.807) is 0 Å². The van der Waals surface area contributed by atoms with Crippen LogP contribution in [0.4, 0.5) is 5.82 Å². The average Bonchev–Trinajstić information content (AvgIpc) is 2.79. The Bertz CT molecular complexity index is 506. The second-order valence-corrected chi connectivity index (χ2v) is 7.29. The van der Waals surface area contributed by atoms with E-state index in [-0.39, 0.29) is 5.54 Å². The molecule has 0 atom stereocenters. The molecule has 104 valence electrons. The van der Waals surface area contributed by atoms with E-state index in [1.807, 2.05) is 11.8 Å². The summed E-state index contributed by atoms with van der Waals surface area (Å²) in [6.07, 6.45) is 1.01. The van der Waals surface area contributed by atoms with Crippen molar-refractivity contribution in [2.75, 3.05) is 37.3 Å². The molecule has 0 saturated carbocycles. The maximum atomic E-state index is 6.08. The first-order valence-corrected chi connectivity index (χ1v) is 7.99. The van der Waals surface area contributed by atoms with Gasteiger partial charge in [0.25, 0.3) is 0 Å². The molecule has 0 spiro atoms. The van der Waals surface area contributed by atoms with Crippen molar-refractivity contribution in [2.45, 2.75) is 30.7 Å². The van der Waals surface area contributed by atoms with Gasteiger partial charge < -0.3 is 4.90 Å². The van der Waals surface area contributed by atoms with Gasteiger partial charge in [0.15, 0.2) is 0 Å². The summed E-state index contributed by atoms with van der Waals surface area (Å²) in [7, 11) is 2.18. The van der Waals surface area contributed by atoms with Gasteiger partial charge in [-0.15, -0.1) is 11.8 Å². The molecule has 1 aromatic rings. The molecular weight excluding hydrogens is 280 g/mol. The predicted octanol–water partition coefficient (Wildman–Crippen LogP) is 2.31. The van der Waals surface area contributed by atoms with Crippen LogP contribution < -0.4 is 4.90 Å². The van der Waals surface area contributed by atoms with Crippen molar-refractivity contribution in [3.8, 4) is 0 Å². The molecule has 0 aliphatic carbocycles. The highest BCUT2D eigenvalue weighted by molar-refractivity contribution is 7.99. The lowest BCUT2D eigenvalue weighted by atomic mass is 10.00. The number of aryl methyl sites for hydroxylation is 1. The monoisotopic (exact) mass is 298 g/mol. The molecule has 4 nitrogen and oxygen atoms in total. The second kappa shape index (κ2) is 4.79. The summed E-state index contributed by atoms with van der Waals surface area (Å²) in [5, 5.41) is 0.382. The Morgan fingerprint density at radius 2 is 2.05 bits per heavy atom. The minimum atomic E-state index is 0.159. The first-order valence-electron chi connectivity index (χ1n) is 6.63. The lowest BCUT2D eigenvalue weighted by Crippen LogP contribution is -2.58. The number of fused-ring (bicyclic) bond motifs is 1. The molecule has 3 heterocycles. The Kier molecular flexibility index (Phi) is 3.39. The van der Waals surface area contributed by atoms with Gasteiger partial charge >= 0.3 is 0 Å². The topological polar surface area (TPSA) is 32.3 Å². The molecule has 1 fully saturated rings. The number of thioether (sulfide) groups is 1. The fraction of sp³-hybridized carbons (Fsp3) is 0.692. The first kappa shape index (κ1) is 13.5. The predicted molar refractivity (Wildman–Crippen MR) is 80.4 cm³/mol. The Morgan fingerprint density at radius 3 is 2.79 bits per heavy atom. The molecule has 0 bridgehead atoms. The summed E-state index contributed by atoms with van der Waals surface area (Å²) in [5.74, 6) is 2.13. The van der Waals surface area contributed by atoms with Crippen LogP contribution in [0.25, 0.3) is 0 Å². The molecular formula is C13H19ClN4S. The van der Waals surface area contributed by atoms with Gasteiger partial charge in [0.1, 0.15) is 5.82 Å². The number of aromatic nitrogens is 2. The molecule has 2 aliphatic rings. The summed E-state index contributed by atoms with van der Waals surface area (Å²) in [5.41, 5.74) is 1.28. The SMILES string of the molecule is CN1CCN(c2nc(Cl)nc3c2SCC3)CC1(C)C. The molecule has 2 aliphatic heterocycles. The fourth-order valence-electron chi connectivity index (χ4n) is 2.66. The molecule has 6 heteroatoms. The third-order valence-electron chi connectivity index (χ3n) is 4.09. The number of nitrogens with zero attached hydrogens (tertiary/aromatic N) is 4. The average molecular weight is 299 g/mol. The zero-order chi connectivity index (χ0) is 13.6. The van der Waals surface area contributed by atoms with E-state index in [0.717, 1.165) is 43.3 Å². The molecule has 0 radical (unpaired) electrons. The van der Waals surface area contributed by atoms with E-state index in [2.05, 4.69) is 40.7 Å². The highest BCUT2D eigenvalue weighted by Crippen LogP contribution is 2.39. The first-order chi connectivity index (χ1) is 8.97. The maximum absolute atomic E-state index is 6.08. The summed E-state index contributed by atoms with van der Waals surface area (Å²) in [4.78, 5) is 14.9. The fourth-order valence-corrected chi connectivity index (χ4v) is 3.96. The van der Waals surface area contributed by atoms with Crippen LogP contribution in [0.3, 0.4) is 0 Å². The van der Waals surface area contributed by atoms with Crippen LogP contribution in [0.1, 0.15) is 19.5 Å². The maximum Gasteiger partial charge on any atom is 0.224 e. The third-order valence-corrected chi connectivity index (χ3v) is 5.38. The second-order valence-electron chi connectivity index (χ2n) is 5.85. The van der Waals surface area contributed by atoms with E-state index in [0.29, 0.717) is 5.28 Å². The number of halogens is 1. The van der Waals surface area contributed by atoms with Gasteiger partial charge in [-0.25, -0.2) is 4.98 Å². The van der Waals surface area contributed by atoms with Crippen molar-refractivity contribution >= 4 is 29.2 Å². The Morgan fingerprint density at radius 1 is 1.26 bits per heavy atom. The van der Waals surface area contributed by atoms with Gasteiger partial charge in [0, 0.05) is 37.3 Å². The Labute approximate surface area is 123 Å². The lowest BCUT2D eigenvalue weighted by molar-refractivity contribution is 0.138. The normalized spacial score (nSPS) is 22.6. The molecule has 1 aromatic heterocycles. The number of piperazine rings is 1. The number of hydrogen-bond donors (Lipinski definition) is 0. The summed E-state index contributed by atoms with van der Waals surface area (Å²) in [6.45, 7) is 7.57. The smallest absolute Gasteiger partial charge is 0.224 e. The zero-order valence-corrected chi connectivity index (χ0v) is 13.2. The molecule has 3 rings (SSSR count). The van der Waals surface area contributed by atoms with Crippen molar-refractivity contribution < 1.29 is 0 Å². The Balaban J connectivity index is 1.95. The van der Waals surface area contributed by atoms with Gasteiger partial charge in [0.2, 0.25) is 5.28 Å². The van der Waals surface area contributed by atoms with Crippen molar-refractivity contribution in [3.63, 3.8) is 0 Å². The largest absolute Gasteiger partial charge is 0.352 e. The van der Waals surface area contributed by atoms with Crippen molar-refractivity contribution in [3.05, 3.63) is 11.0 Å². The number of rotatable bonds is 1. The van der Waals surface area contributed by atoms with Gasteiger partial charge in [0.05, 0.1) is 10.6 Å². The van der Waals surface area contributed by atoms with Crippen LogP contribution in [0.15, 0.2) is 4.90 Å². The highest BCUT2D eigenvalue weighted by atomic mass is 35.5. The van der Waals surface area contributed by atoms with Gasteiger partial charge in [-0.05, 0) is 32.5 Å². The zero-order valence-electron chi connectivity index (χ0n) is 11.6. The van der Waals surface area contributed by atoms with E-state index in [9.17, 15) is 0 Å². The highest BCUT2D eigenvalue weighted by Gasteiger charge is 2.34.